The summed E-state index contributed by atoms with van der Waals surface area (Å²) in [6, 6.07) is -0.0413. The molecule has 0 bridgehead atoms. The van der Waals surface area contributed by atoms with Crippen molar-refractivity contribution in [1.29, 1.82) is 0 Å². The second-order valence-electron chi connectivity index (χ2n) is 7.37. The van der Waals surface area contributed by atoms with Crippen molar-refractivity contribution >= 4 is 12.1 Å². The van der Waals surface area contributed by atoms with Crippen molar-refractivity contribution in [3.63, 3.8) is 0 Å². The largest absolute Gasteiger partial charge is 0.444 e. The van der Waals surface area contributed by atoms with E-state index in [2.05, 4.69) is 0 Å². The van der Waals surface area contributed by atoms with Crippen molar-refractivity contribution in [3.8, 4) is 0 Å². The molecule has 0 aliphatic carbocycles. The molecule has 0 spiro atoms. The topological polar surface area (TPSA) is 62.3 Å². The highest BCUT2D eigenvalue weighted by atomic mass is 16.6. The summed E-state index contributed by atoms with van der Waals surface area (Å²) in [7, 11) is 0. The third-order valence-electron chi connectivity index (χ3n) is 4.07. The van der Waals surface area contributed by atoms with Crippen LogP contribution in [0.3, 0.4) is 0 Å². The zero-order valence-corrected chi connectivity index (χ0v) is 14.9. The number of hydrogen-bond acceptors (Lipinski definition) is 4. The van der Waals surface area contributed by atoms with Gasteiger partial charge >= 0.3 is 12.1 Å². The smallest absolute Gasteiger partial charge is 0.410 e. The summed E-state index contributed by atoms with van der Waals surface area (Å²) >= 11 is 0. The van der Waals surface area contributed by atoms with Gasteiger partial charge in [-0.1, -0.05) is 0 Å². The maximum absolute atomic E-state index is 12.7. The van der Waals surface area contributed by atoms with E-state index < -0.39 is 5.60 Å². The molecule has 2 rings (SSSR count). The fourth-order valence-electron chi connectivity index (χ4n) is 3.09. The second-order valence-corrected chi connectivity index (χ2v) is 7.37. The van der Waals surface area contributed by atoms with Gasteiger partial charge in [0.15, 0.2) is 0 Å². The number of amides is 3. The zero-order chi connectivity index (χ0) is 17.2. The monoisotopic (exact) mass is 327 g/mol. The minimum absolute atomic E-state index is 0.0390. The van der Waals surface area contributed by atoms with Crippen molar-refractivity contribution < 1.29 is 19.1 Å². The van der Waals surface area contributed by atoms with Crippen LogP contribution in [0, 0.1) is 0 Å². The number of morpholine rings is 1. The molecule has 2 fully saturated rings. The van der Waals surface area contributed by atoms with Crippen LogP contribution in [0.4, 0.5) is 9.59 Å². The molecule has 7 heteroatoms. The first-order chi connectivity index (χ1) is 10.7. The number of piperazine rings is 1. The molecule has 2 heterocycles. The normalized spacial score (nSPS) is 26.2. The van der Waals surface area contributed by atoms with E-state index >= 15 is 0 Å². The maximum Gasteiger partial charge on any atom is 0.410 e. The lowest BCUT2D eigenvalue weighted by atomic mass is 10.1. The molecule has 0 N–H and O–H groups in total. The number of hydrogen-bond donors (Lipinski definition) is 0. The summed E-state index contributed by atoms with van der Waals surface area (Å²) in [5.41, 5.74) is -0.510. The molecular formula is C16H29N3O4. The van der Waals surface area contributed by atoms with Gasteiger partial charge in [-0.3, -0.25) is 0 Å². The van der Waals surface area contributed by atoms with Crippen LogP contribution in [0.1, 0.15) is 34.6 Å². The summed E-state index contributed by atoms with van der Waals surface area (Å²) < 4.78 is 10.7. The Balaban J connectivity index is 1.99. The first-order valence-electron chi connectivity index (χ1n) is 8.32. The van der Waals surface area contributed by atoms with E-state index in [0.717, 1.165) is 0 Å². The Morgan fingerprint density at radius 3 is 2.00 bits per heavy atom. The highest BCUT2D eigenvalue weighted by Gasteiger charge is 2.38. The van der Waals surface area contributed by atoms with Crippen LogP contribution in [0.25, 0.3) is 0 Å². The molecule has 2 aliphatic rings. The Hall–Kier alpha value is -1.50. The van der Waals surface area contributed by atoms with Crippen LogP contribution in [-0.2, 0) is 9.47 Å². The van der Waals surface area contributed by atoms with Gasteiger partial charge in [-0.25, -0.2) is 9.59 Å². The predicted octanol–water partition coefficient (Wildman–Crippen LogP) is 1.77. The van der Waals surface area contributed by atoms with E-state index in [1.54, 1.807) is 4.90 Å². The SMILES string of the molecule is CC1CN(C(=O)OC(C)(C)C)CC(C)N1C(=O)N1CCOCC1. The summed E-state index contributed by atoms with van der Waals surface area (Å²) in [6.45, 7) is 13.0. The van der Waals surface area contributed by atoms with Gasteiger partial charge in [0, 0.05) is 38.3 Å². The molecule has 3 amide bonds. The predicted molar refractivity (Wildman–Crippen MR) is 86.4 cm³/mol. The Morgan fingerprint density at radius 2 is 1.52 bits per heavy atom. The number of rotatable bonds is 0. The molecule has 2 atom stereocenters. The van der Waals surface area contributed by atoms with E-state index in [-0.39, 0.29) is 24.2 Å². The average molecular weight is 327 g/mol. The van der Waals surface area contributed by atoms with Crippen LogP contribution in [0.15, 0.2) is 0 Å². The minimum Gasteiger partial charge on any atom is -0.444 e. The Kier molecular flexibility index (Phi) is 5.39. The second kappa shape index (κ2) is 6.95. The van der Waals surface area contributed by atoms with E-state index in [0.29, 0.717) is 39.4 Å². The Labute approximate surface area is 138 Å². The van der Waals surface area contributed by atoms with Gasteiger partial charge in [0.2, 0.25) is 0 Å². The molecule has 2 saturated heterocycles. The fourth-order valence-corrected chi connectivity index (χ4v) is 3.09. The van der Waals surface area contributed by atoms with Crippen molar-refractivity contribution in [2.75, 3.05) is 39.4 Å². The van der Waals surface area contributed by atoms with Gasteiger partial charge in [0.05, 0.1) is 13.2 Å². The van der Waals surface area contributed by atoms with Gasteiger partial charge in [0.1, 0.15) is 5.60 Å². The Bertz CT molecular complexity index is 431. The number of nitrogens with zero attached hydrogens (tertiary/aromatic N) is 3. The van der Waals surface area contributed by atoms with Gasteiger partial charge in [0.25, 0.3) is 0 Å². The highest BCUT2D eigenvalue weighted by molar-refractivity contribution is 5.76. The first-order valence-corrected chi connectivity index (χ1v) is 8.32. The molecule has 132 valence electrons. The van der Waals surface area contributed by atoms with Crippen LogP contribution in [0.2, 0.25) is 0 Å². The first kappa shape index (κ1) is 17.8. The molecule has 0 aromatic carbocycles. The lowest BCUT2D eigenvalue weighted by Gasteiger charge is -2.46. The highest BCUT2D eigenvalue weighted by Crippen LogP contribution is 2.20. The van der Waals surface area contributed by atoms with Crippen molar-refractivity contribution in [3.05, 3.63) is 0 Å². The molecule has 2 unspecified atom stereocenters. The molecule has 2 aliphatic heterocycles. The number of ether oxygens (including phenoxy) is 2. The molecule has 0 saturated carbocycles. The van der Waals surface area contributed by atoms with Gasteiger partial charge in [-0.2, -0.15) is 0 Å². The van der Waals surface area contributed by atoms with Crippen molar-refractivity contribution in [2.24, 2.45) is 0 Å². The van der Waals surface area contributed by atoms with Crippen LogP contribution in [0.5, 0.6) is 0 Å². The quantitative estimate of drug-likeness (QED) is 0.680. The molecule has 0 radical (unpaired) electrons. The summed E-state index contributed by atoms with van der Waals surface area (Å²) in [5.74, 6) is 0. The fraction of sp³-hybridized carbons (Fsp3) is 0.875. The van der Waals surface area contributed by atoms with Gasteiger partial charge < -0.3 is 24.2 Å². The lowest BCUT2D eigenvalue weighted by Crippen LogP contribution is -2.63. The maximum atomic E-state index is 12.7. The van der Waals surface area contributed by atoms with E-state index in [4.69, 9.17) is 9.47 Å². The molecule has 7 nitrogen and oxygen atoms in total. The van der Waals surface area contributed by atoms with Crippen molar-refractivity contribution in [1.82, 2.24) is 14.7 Å². The number of carbonyl (C=O) groups is 2. The number of urea groups is 1. The van der Waals surface area contributed by atoms with Crippen LogP contribution < -0.4 is 0 Å². The minimum atomic E-state index is -0.510. The third kappa shape index (κ3) is 4.50. The summed E-state index contributed by atoms with van der Waals surface area (Å²) in [6.07, 6.45) is -0.310. The van der Waals surface area contributed by atoms with Gasteiger partial charge in [-0.15, -0.1) is 0 Å². The van der Waals surface area contributed by atoms with E-state index in [1.807, 2.05) is 44.4 Å². The standard InChI is InChI=1S/C16H29N3O4/c1-12-10-18(15(21)23-16(3,4)5)11-13(2)19(12)14(20)17-6-8-22-9-7-17/h12-13H,6-11H2,1-5H3. The van der Waals surface area contributed by atoms with E-state index in [1.165, 1.54) is 0 Å². The van der Waals surface area contributed by atoms with Crippen LogP contribution in [-0.4, -0.2) is 83.9 Å². The summed E-state index contributed by atoms with van der Waals surface area (Å²) in [4.78, 5) is 30.4. The molecule has 0 aromatic rings. The number of carbonyl (C=O) groups excluding carboxylic acids is 2. The lowest BCUT2D eigenvalue weighted by molar-refractivity contribution is -0.00823. The van der Waals surface area contributed by atoms with Gasteiger partial charge in [-0.05, 0) is 34.6 Å². The average Bonchev–Trinajstić information content (AvgIpc) is 2.45. The molecular weight excluding hydrogens is 298 g/mol. The Morgan fingerprint density at radius 1 is 1.00 bits per heavy atom. The molecule has 0 aromatic heterocycles. The summed E-state index contributed by atoms with van der Waals surface area (Å²) in [5, 5.41) is 0. The zero-order valence-electron chi connectivity index (χ0n) is 14.9. The van der Waals surface area contributed by atoms with E-state index in [9.17, 15) is 9.59 Å². The third-order valence-corrected chi connectivity index (χ3v) is 4.07. The molecule has 23 heavy (non-hydrogen) atoms. The van der Waals surface area contributed by atoms with Crippen LogP contribution >= 0.6 is 0 Å². The van der Waals surface area contributed by atoms with Crippen molar-refractivity contribution in [2.45, 2.75) is 52.3 Å².